The van der Waals surface area contributed by atoms with Crippen molar-refractivity contribution >= 4 is 35.3 Å². The highest BCUT2D eigenvalue weighted by molar-refractivity contribution is 7.98. The molecule has 27 heavy (non-hydrogen) atoms. The van der Waals surface area contributed by atoms with Crippen LogP contribution in [0.2, 0.25) is 5.02 Å². The summed E-state index contributed by atoms with van der Waals surface area (Å²) < 4.78 is 6.50. The average Bonchev–Trinajstić information content (AvgIpc) is 3.13. The van der Waals surface area contributed by atoms with E-state index in [0.29, 0.717) is 21.5 Å². The minimum atomic E-state index is -0.498. The lowest BCUT2D eigenvalue weighted by Gasteiger charge is -2.03. The number of thioether (sulfide) groups is 1. The Morgan fingerprint density at radius 1 is 1.33 bits per heavy atom. The third-order valence-corrected chi connectivity index (χ3v) is 4.77. The molecule has 3 aromatic rings. The van der Waals surface area contributed by atoms with Gasteiger partial charge in [-0.2, -0.15) is 9.78 Å². The summed E-state index contributed by atoms with van der Waals surface area (Å²) in [5, 5.41) is 24.6. The van der Waals surface area contributed by atoms with Crippen molar-refractivity contribution in [2.24, 2.45) is 5.10 Å². The van der Waals surface area contributed by atoms with Gasteiger partial charge < -0.3 is 4.74 Å². The van der Waals surface area contributed by atoms with Crippen molar-refractivity contribution in [1.29, 1.82) is 0 Å². The van der Waals surface area contributed by atoms with Crippen molar-refractivity contribution in [2.45, 2.75) is 10.9 Å². The van der Waals surface area contributed by atoms with Gasteiger partial charge >= 0.3 is 5.69 Å². The second-order valence-electron chi connectivity index (χ2n) is 5.31. The van der Waals surface area contributed by atoms with Gasteiger partial charge in [-0.3, -0.25) is 10.1 Å². The van der Waals surface area contributed by atoms with Crippen LogP contribution in [0.4, 0.5) is 5.69 Å². The van der Waals surface area contributed by atoms with E-state index >= 15 is 0 Å². The Hall–Kier alpha value is -2.91. The number of aromatic nitrogens is 3. The van der Waals surface area contributed by atoms with Crippen molar-refractivity contribution in [1.82, 2.24) is 14.9 Å². The molecule has 0 atom stereocenters. The fourth-order valence-electron chi connectivity index (χ4n) is 2.18. The Balaban J connectivity index is 1.73. The predicted molar refractivity (Wildman–Crippen MR) is 104 cm³/mol. The van der Waals surface area contributed by atoms with E-state index in [1.54, 1.807) is 6.07 Å². The normalized spacial score (nSPS) is 11.0. The number of hydrogen-bond acceptors (Lipinski definition) is 7. The van der Waals surface area contributed by atoms with Crippen LogP contribution in [0.25, 0.3) is 0 Å². The molecule has 0 aliphatic carbocycles. The number of rotatable bonds is 7. The molecule has 1 aromatic heterocycles. The Labute approximate surface area is 164 Å². The largest absolute Gasteiger partial charge is 0.490 e. The molecule has 0 saturated carbocycles. The minimum Gasteiger partial charge on any atom is -0.490 e. The molecule has 0 radical (unpaired) electrons. The molecular weight excluding hydrogens is 390 g/mol. The molecule has 0 unspecified atom stereocenters. The summed E-state index contributed by atoms with van der Waals surface area (Å²) in [5.41, 5.74) is 1.53. The van der Waals surface area contributed by atoms with E-state index < -0.39 is 4.92 Å². The summed E-state index contributed by atoms with van der Waals surface area (Å²) in [6.07, 6.45) is 2.97. The molecule has 0 aliphatic heterocycles. The Morgan fingerprint density at radius 2 is 2.11 bits per heavy atom. The second kappa shape index (κ2) is 8.65. The van der Waals surface area contributed by atoms with Gasteiger partial charge in [0.2, 0.25) is 5.16 Å². The van der Waals surface area contributed by atoms with Gasteiger partial charge in [-0.1, -0.05) is 35.5 Å². The van der Waals surface area contributed by atoms with Crippen molar-refractivity contribution in [3.05, 3.63) is 75.1 Å². The van der Waals surface area contributed by atoms with Crippen LogP contribution in [-0.2, 0) is 5.75 Å². The van der Waals surface area contributed by atoms with Gasteiger partial charge in [0, 0.05) is 22.4 Å². The van der Waals surface area contributed by atoms with Gasteiger partial charge in [0.15, 0.2) is 5.75 Å². The van der Waals surface area contributed by atoms with Crippen LogP contribution in [0, 0.1) is 10.1 Å². The zero-order chi connectivity index (χ0) is 19.2. The summed E-state index contributed by atoms with van der Waals surface area (Å²) in [5.74, 6) is 0.875. The molecule has 0 aliphatic rings. The maximum atomic E-state index is 11.1. The molecule has 3 rings (SSSR count). The SMILES string of the molecule is COc1ccc(/C=N\n2cnnc2SCc2ccc(Cl)cc2)cc1[N+](=O)[O-]. The van der Waals surface area contributed by atoms with Gasteiger partial charge in [-0.25, -0.2) is 0 Å². The van der Waals surface area contributed by atoms with Crippen LogP contribution in [0.1, 0.15) is 11.1 Å². The summed E-state index contributed by atoms with van der Waals surface area (Å²) in [4.78, 5) is 10.6. The van der Waals surface area contributed by atoms with E-state index in [2.05, 4.69) is 15.3 Å². The van der Waals surface area contributed by atoms with Crippen LogP contribution in [0.15, 0.2) is 59.0 Å². The monoisotopic (exact) mass is 403 g/mol. The molecule has 0 fully saturated rings. The van der Waals surface area contributed by atoms with Crippen molar-refractivity contribution in [2.75, 3.05) is 7.11 Å². The molecule has 0 amide bonds. The van der Waals surface area contributed by atoms with E-state index in [4.69, 9.17) is 16.3 Å². The van der Waals surface area contributed by atoms with Crippen LogP contribution >= 0.6 is 23.4 Å². The lowest BCUT2D eigenvalue weighted by atomic mass is 10.2. The number of methoxy groups -OCH3 is 1. The molecule has 0 bridgehead atoms. The molecule has 0 N–H and O–H groups in total. The first-order valence-corrected chi connectivity index (χ1v) is 9.07. The topological polar surface area (TPSA) is 95.4 Å². The molecule has 1 heterocycles. The third-order valence-electron chi connectivity index (χ3n) is 3.51. The lowest BCUT2D eigenvalue weighted by Crippen LogP contribution is -1.96. The van der Waals surface area contributed by atoms with Crippen molar-refractivity contribution in [3.8, 4) is 5.75 Å². The summed E-state index contributed by atoms with van der Waals surface area (Å²) in [7, 11) is 1.39. The van der Waals surface area contributed by atoms with Crippen LogP contribution in [0.3, 0.4) is 0 Å². The quantitative estimate of drug-likeness (QED) is 0.256. The zero-order valence-electron chi connectivity index (χ0n) is 14.2. The Morgan fingerprint density at radius 3 is 2.81 bits per heavy atom. The van der Waals surface area contributed by atoms with Crippen LogP contribution < -0.4 is 4.74 Å². The van der Waals surface area contributed by atoms with E-state index in [-0.39, 0.29) is 11.4 Å². The van der Waals surface area contributed by atoms with Crippen molar-refractivity contribution < 1.29 is 9.66 Å². The fraction of sp³-hybridized carbons (Fsp3) is 0.118. The summed E-state index contributed by atoms with van der Waals surface area (Å²) in [6, 6.07) is 12.1. The first kappa shape index (κ1) is 18.9. The summed E-state index contributed by atoms with van der Waals surface area (Å²) in [6.45, 7) is 0. The van der Waals surface area contributed by atoms with Crippen LogP contribution in [-0.4, -0.2) is 33.1 Å². The Kier molecular flexibility index (Phi) is 6.05. The standard InChI is InChI=1S/C17H14ClN5O3S/c1-26-16-7-4-13(8-15(16)23(24)25)9-20-22-11-19-21-17(22)27-10-12-2-5-14(18)6-3-12/h2-9,11H,10H2,1H3/b20-9-. The number of ether oxygens (including phenoxy) is 1. The van der Waals surface area contributed by atoms with Gasteiger partial charge in [0.1, 0.15) is 6.33 Å². The van der Waals surface area contributed by atoms with E-state index in [9.17, 15) is 10.1 Å². The molecule has 138 valence electrons. The first-order valence-electron chi connectivity index (χ1n) is 7.71. The number of hydrogen-bond donors (Lipinski definition) is 0. The minimum absolute atomic E-state index is 0.123. The highest BCUT2D eigenvalue weighted by atomic mass is 35.5. The average molecular weight is 404 g/mol. The number of halogens is 1. The number of benzene rings is 2. The maximum Gasteiger partial charge on any atom is 0.311 e. The predicted octanol–water partition coefficient (Wildman–Crippen LogP) is 4.02. The van der Waals surface area contributed by atoms with Crippen LogP contribution in [0.5, 0.6) is 5.75 Å². The van der Waals surface area contributed by atoms with Gasteiger partial charge in [0.05, 0.1) is 18.2 Å². The van der Waals surface area contributed by atoms with E-state index in [0.717, 1.165) is 5.56 Å². The highest BCUT2D eigenvalue weighted by Gasteiger charge is 2.14. The van der Waals surface area contributed by atoms with Crippen molar-refractivity contribution in [3.63, 3.8) is 0 Å². The number of nitro groups is 1. The second-order valence-corrected chi connectivity index (χ2v) is 6.69. The maximum absolute atomic E-state index is 11.1. The highest BCUT2D eigenvalue weighted by Crippen LogP contribution is 2.27. The molecule has 0 saturated heterocycles. The summed E-state index contributed by atoms with van der Waals surface area (Å²) >= 11 is 7.35. The third kappa shape index (κ3) is 4.83. The number of nitro benzene ring substituents is 1. The molecule has 2 aromatic carbocycles. The smallest absolute Gasteiger partial charge is 0.311 e. The number of nitrogens with zero attached hydrogens (tertiary/aromatic N) is 5. The molecule has 8 nitrogen and oxygen atoms in total. The first-order chi connectivity index (χ1) is 13.1. The van der Waals surface area contributed by atoms with Gasteiger partial charge in [-0.05, 0) is 29.8 Å². The zero-order valence-corrected chi connectivity index (χ0v) is 15.7. The van der Waals surface area contributed by atoms with Gasteiger partial charge in [-0.15, -0.1) is 10.2 Å². The van der Waals surface area contributed by atoms with E-state index in [1.165, 1.54) is 48.2 Å². The fourth-order valence-corrected chi connectivity index (χ4v) is 3.13. The van der Waals surface area contributed by atoms with Gasteiger partial charge in [0.25, 0.3) is 0 Å². The Bertz CT molecular complexity index is 975. The lowest BCUT2D eigenvalue weighted by molar-refractivity contribution is -0.385. The molecular formula is C17H14ClN5O3S. The molecule has 10 heteroatoms. The molecule has 0 spiro atoms. The van der Waals surface area contributed by atoms with E-state index in [1.807, 2.05) is 24.3 Å².